The van der Waals surface area contributed by atoms with Crippen molar-refractivity contribution in [2.24, 2.45) is 34.5 Å². The summed E-state index contributed by atoms with van der Waals surface area (Å²) in [5, 5.41) is 3.53. The number of ketones is 2. The summed E-state index contributed by atoms with van der Waals surface area (Å²) in [5.41, 5.74) is 0.0811. The third-order valence-electron chi connectivity index (χ3n) is 9.08. The molecule has 37 heavy (non-hydrogen) atoms. The maximum absolute atomic E-state index is 13.3. The van der Waals surface area contributed by atoms with E-state index in [0.29, 0.717) is 48.6 Å². The third-order valence-corrected chi connectivity index (χ3v) is 10.3. The second-order valence-electron chi connectivity index (χ2n) is 13.5. The summed E-state index contributed by atoms with van der Waals surface area (Å²) < 4.78 is 5.36. The fourth-order valence-electron chi connectivity index (χ4n) is 7.44. The zero-order chi connectivity index (χ0) is 28.0. The van der Waals surface area contributed by atoms with Crippen LogP contribution in [0.1, 0.15) is 114 Å². The van der Waals surface area contributed by atoms with Gasteiger partial charge in [-0.25, -0.2) is 0 Å². The van der Waals surface area contributed by atoms with Gasteiger partial charge in [0.25, 0.3) is 0 Å². The molecule has 0 amide bonds. The van der Waals surface area contributed by atoms with E-state index in [9.17, 15) is 14.4 Å². The van der Waals surface area contributed by atoms with Gasteiger partial charge >= 0.3 is 5.97 Å². The lowest BCUT2D eigenvalue weighted by Crippen LogP contribution is -2.47. The maximum atomic E-state index is 13.3. The van der Waals surface area contributed by atoms with E-state index < -0.39 is 6.04 Å². The van der Waals surface area contributed by atoms with Crippen molar-refractivity contribution in [2.75, 3.05) is 12.4 Å². The van der Waals surface area contributed by atoms with Crippen LogP contribution in [0, 0.1) is 34.5 Å². The monoisotopic (exact) mass is 537 g/mol. The first-order valence-electron chi connectivity index (χ1n) is 14.8. The second-order valence-corrected chi connectivity index (χ2v) is 15.0. The summed E-state index contributed by atoms with van der Waals surface area (Å²) in [6, 6.07) is -0.611. The Morgan fingerprint density at radius 1 is 0.892 bits per heavy atom. The van der Waals surface area contributed by atoms with Crippen molar-refractivity contribution < 1.29 is 19.1 Å². The molecule has 0 aliphatic heterocycles. The van der Waals surface area contributed by atoms with Gasteiger partial charge in [0.05, 0.1) is 6.61 Å². The highest BCUT2D eigenvalue weighted by Gasteiger charge is 2.42. The minimum Gasteiger partial charge on any atom is -0.465 e. The highest BCUT2D eigenvalue weighted by Crippen LogP contribution is 2.46. The van der Waals surface area contributed by atoms with Gasteiger partial charge in [-0.05, 0) is 62.2 Å². The van der Waals surface area contributed by atoms with Gasteiger partial charge in [-0.2, -0.15) is 11.8 Å². The number of esters is 1. The predicted molar refractivity (Wildman–Crippen MR) is 155 cm³/mol. The van der Waals surface area contributed by atoms with E-state index in [-0.39, 0.29) is 39.9 Å². The second kappa shape index (κ2) is 14.0. The molecule has 0 radical (unpaired) electrons. The number of hydrogen-bond donors (Lipinski definition) is 1. The number of hydrogen-bond acceptors (Lipinski definition) is 6. The lowest BCUT2D eigenvalue weighted by molar-refractivity contribution is -0.145. The molecule has 0 aromatic carbocycles. The number of nitrogens with one attached hydrogen (secondary N) is 1. The van der Waals surface area contributed by atoms with Gasteiger partial charge in [0.1, 0.15) is 17.6 Å². The van der Waals surface area contributed by atoms with Crippen LogP contribution in [0.3, 0.4) is 0 Å². The molecule has 2 rings (SSSR count). The van der Waals surface area contributed by atoms with Crippen LogP contribution in [-0.4, -0.2) is 47.2 Å². The molecule has 1 N–H and O–H groups in total. The Kier molecular flexibility index (Phi) is 12.2. The van der Waals surface area contributed by atoms with Crippen molar-refractivity contribution in [3.8, 4) is 0 Å². The molecule has 2 fully saturated rings. The highest BCUT2D eigenvalue weighted by atomic mass is 32.2. The van der Waals surface area contributed by atoms with Gasteiger partial charge in [0, 0.05) is 41.7 Å². The van der Waals surface area contributed by atoms with Crippen molar-refractivity contribution in [3.05, 3.63) is 0 Å². The molecule has 0 spiro atoms. The molecule has 7 unspecified atom stereocenters. The average Bonchev–Trinajstić information content (AvgIpc) is 2.75. The number of rotatable bonds is 13. The van der Waals surface area contributed by atoms with Crippen molar-refractivity contribution in [2.45, 2.75) is 131 Å². The third kappa shape index (κ3) is 9.08. The minimum absolute atomic E-state index is 0.0250. The molecule has 2 aliphatic rings. The molecule has 7 atom stereocenters. The molecule has 0 saturated heterocycles. The fraction of sp³-hybridized carbons (Fsp3) is 0.903. The summed E-state index contributed by atoms with van der Waals surface area (Å²) in [5.74, 6) is 1.92. The minimum atomic E-state index is -0.493. The lowest BCUT2D eigenvalue weighted by atomic mass is 9.62. The molecule has 214 valence electrons. The largest absolute Gasteiger partial charge is 0.465 e. The van der Waals surface area contributed by atoms with Crippen LogP contribution in [0.5, 0.6) is 0 Å². The van der Waals surface area contributed by atoms with Crippen molar-refractivity contribution in [1.82, 2.24) is 5.32 Å². The summed E-state index contributed by atoms with van der Waals surface area (Å²) in [6.45, 7) is 19.6. The molecular formula is C31H55NO4S. The Hall–Kier alpha value is -0.880. The molecule has 0 bridgehead atoms. The van der Waals surface area contributed by atoms with Crippen LogP contribution in [0.15, 0.2) is 0 Å². The normalized spacial score (nSPS) is 29.6. The van der Waals surface area contributed by atoms with Crippen LogP contribution in [0.2, 0.25) is 0 Å². The Bertz CT molecular complexity index is 779. The van der Waals surface area contributed by atoms with Crippen LogP contribution >= 0.6 is 11.8 Å². The molecular weight excluding hydrogens is 482 g/mol. The first-order chi connectivity index (χ1) is 17.2. The van der Waals surface area contributed by atoms with E-state index in [1.54, 1.807) is 11.8 Å². The van der Waals surface area contributed by atoms with Crippen molar-refractivity contribution in [3.63, 3.8) is 0 Å². The van der Waals surface area contributed by atoms with Crippen LogP contribution in [-0.2, 0) is 19.1 Å². The van der Waals surface area contributed by atoms with Crippen LogP contribution in [0.4, 0.5) is 0 Å². The van der Waals surface area contributed by atoms with E-state index in [4.69, 9.17) is 4.74 Å². The number of ether oxygens (including phenoxy) is 1. The molecule has 5 nitrogen and oxygen atoms in total. The van der Waals surface area contributed by atoms with E-state index in [1.165, 1.54) is 12.8 Å². The van der Waals surface area contributed by atoms with Gasteiger partial charge in [0.15, 0.2) is 0 Å². The summed E-state index contributed by atoms with van der Waals surface area (Å²) >= 11 is 1.65. The lowest BCUT2D eigenvalue weighted by Gasteiger charge is -2.42. The van der Waals surface area contributed by atoms with Gasteiger partial charge in [0.2, 0.25) is 0 Å². The molecule has 0 aromatic rings. The molecule has 0 heterocycles. The van der Waals surface area contributed by atoms with Gasteiger partial charge in [-0.1, -0.05) is 61.3 Å². The van der Waals surface area contributed by atoms with Gasteiger partial charge in [-0.15, -0.1) is 0 Å². The van der Waals surface area contributed by atoms with Crippen LogP contribution < -0.4 is 5.32 Å². The first-order valence-corrected chi connectivity index (χ1v) is 15.8. The summed E-state index contributed by atoms with van der Waals surface area (Å²) in [7, 11) is 0. The zero-order valence-corrected chi connectivity index (χ0v) is 26.0. The Balaban J connectivity index is 1.96. The maximum Gasteiger partial charge on any atom is 0.323 e. The Morgan fingerprint density at radius 3 is 1.84 bits per heavy atom. The Labute approximate surface area is 231 Å². The van der Waals surface area contributed by atoms with Gasteiger partial charge < -0.3 is 10.1 Å². The van der Waals surface area contributed by atoms with E-state index in [1.807, 2.05) is 13.8 Å². The van der Waals surface area contributed by atoms with E-state index >= 15 is 0 Å². The van der Waals surface area contributed by atoms with Gasteiger partial charge in [-0.3, -0.25) is 14.4 Å². The van der Waals surface area contributed by atoms with Crippen molar-refractivity contribution in [1.29, 1.82) is 0 Å². The number of thioether (sulfide) groups is 1. The smallest absolute Gasteiger partial charge is 0.323 e. The fourth-order valence-corrected chi connectivity index (χ4v) is 8.47. The zero-order valence-electron chi connectivity index (χ0n) is 25.2. The average molecular weight is 538 g/mol. The highest BCUT2D eigenvalue weighted by molar-refractivity contribution is 7.99. The Morgan fingerprint density at radius 2 is 1.38 bits per heavy atom. The molecule has 6 heteroatoms. The van der Waals surface area contributed by atoms with E-state index in [2.05, 4.69) is 53.8 Å². The van der Waals surface area contributed by atoms with Crippen LogP contribution in [0.25, 0.3) is 0 Å². The number of carbonyl (C=O) groups excluding carboxylic acids is 3. The van der Waals surface area contributed by atoms with E-state index in [0.717, 1.165) is 25.7 Å². The first kappa shape index (κ1) is 32.3. The molecule has 2 saturated carbocycles. The topological polar surface area (TPSA) is 72.5 Å². The quantitative estimate of drug-likeness (QED) is 0.259. The number of carbonyl (C=O) groups is 3. The SMILES string of the molecule is CCOC(=O)C(CSC(C)CC(=O)C1C(C)CCCC1(C)C)NC(C)CC(=O)C1C(C)CCCC1(C)C. The summed E-state index contributed by atoms with van der Waals surface area (Å²) in [4.78, 5) is 39.4. The predicted octanol–water partition coefficient (Wildman–Crippen LogP) is 6.86. The molecule has 2 aliphatic carbocycles. The summed E-state index contributed by atoms with van der Waals surface area (Å²) in [6.07, 6.45) is 7.77. The number of Topliss-reactive ketones (excluding diaryl/α,β-unsaturated/α-hetero) is 2. The van der Waals surface area contributed by atoms with Crippen molar-refractivity contribution >= 4 is 29.3 Å². The standard InChI is InChI=1S/C31H55NO4S/c1-10-36-29(35)24(32-22(4)17-25(33)27-20(2)13-11-15-30(27,6)7)19-37-23(5)18-26(34)28-21(3)14-12-16-31(28,8)9/h20-24,27-28,32H,10-19H2,1-9H3. The molecule has 0 aromatic heterocycles.